The van der Waals surface area contributed by atoms with Crippen molar-refractivity contribution in [3.8, 4) is 5.75 Å². The minimum Gasteiger partial charge on any atom is -0.435 e. The molecule has 0 aliphatic rings. The first kappa shape index (κ1) is 15.2. The van der Waals surface area contributed by atoms with Crippen LogP contribution in [0.25, 0.3) is 0 Å². The number of nitrogens with two attached hydrogens (primary N) is 1. The summed E-state index contributed by atoms with van der Waals surface area (Å²) in [5, 5.41) is 1.76. The van der Waals surface area contributed by atoms with E-state index in [2.05, 4.69) is 4.74 Å². The van der Waals surface area contributed by atoms with Gasteiger partial charge in [-0.25, -0.2) is 0 Å². The fraction of sp³-hybridized carbons (Fsp3) is 0.214. The number of carbonyl (C=O) groups excluding carboxylic acids is 1. The predicted molar refractivity (Wildman–Crippen MR) is 77.6 cm³/mol. The standard InChI is InChI=1S/C14H14F2N2O2S/c1-18(13(19)12-11(17)6-7-21-12)8-9-2-4-10(5-3-9)20-14(15)16/h2-7,14H,8,17H2,1H3. The van der Waals surface area contributed by atoms with Gasteiger partial charge in [-0.2, -0.15) is 8.78 Å². The molecule has 0 atom stereocenters. The van der Waals surface area contributed by atoms with Crippen LogP contribution in [0.15, 0.2) is 35.7 Å². The molecule has 1 aromatic heterocycles. The summed E-state index contributed by atoms with van der Waals surface area (Å²) >= 11 is 1.29. The third kappa shape index (κ3) is 3.91. The zero-order chi connectivity index (χ0) is 15.4. The highest BCUT2D eigenvalue weighted by molar-refractivity contribution is 7.12. The summed E-state index contributed by atoms with van der Waals surface area (Å²) in [5.74, 6) is -0.0827. The van der Waals surface area contributed by atoms with Gasteiger partial charge in [0.15, 0.2) is 0 Å². The molecule has 0 saturated carbocycles. The zero-order valence-electron chi connectivity index (χ0n) is 11.3. The molecule has 4 nitrogen and oxygen atoms in total. The molecule has 0 radical (unpaired) electrons. The SMILES string of the molecule is CN(Cc1ccc(OC(F)F)cc1)C(=O)c1sccc1N. The summed E-state index contributed by atoms with van der Waals surface area (Å²) in [4.78, 5) is 14.2. The molecule has 1 amide bonds. The third-order valence-corrected chi connectivity index (χ3v) is 3.72. The average molecular weight is 312 g/mol. The van der Waals surface area contributed by atoms with E-state index in [-0.39, 0.29) is 11.7 Å². The van der Waals surface area contributed by atoms with E-state index in [1.54, 1.807) is 30.6 Å². The van der Waals surface area contributed by atoms with E-state index in [4.69, 9.17) is 5.73 Å². The van der Waals surface area contributed by atoms with Gasteiger partial charge in [-0.05, 0) is 29.1 Å². The third-order valence-electron chi connectivity index (χ3n) is 2.80. The Morgan fingerprint density at radius 2 is 2.00 bits per heavy atom. The van der Waals surface area contributed by atoms with Crippen LogP contribution < -0.4 is 10.5 Å². The van der Waals surface area contributed by atoms with Crippen LogP contribution >= 0.6 is 11.3 Å². The first-order chi connectivity index (χ1) is 9.97. The summed E-state index contributed by atoms with van der Waals surface area (Å²) in [7, 11) is 1.66. The molecule has 7 heteroatoms. The Labute approximate surface area is 124 Å². The number of amides is 1. The van der Waals surface area contributed by atoms with Crippen molar-refractivity contribution in [2.75, 3.05) is 12.8 Å². The molecule has 0 aliphatic heterocycles. The van der Waals surface area contributed by atoms with Crippen LogP contribution in [-0.4, -0.2) is 24.5 Å². The number of nitrogen functional groups attached to an aromatic ring is 1. The van der Waals surface area contributed by atoms with Crippen LogP contribution in [0.4, 0.5) is 14.5 Å². The van der Waals surface area contributed by atoms with Crippen LogP contribution in [0.2, 0.25) is 0 Å². The number of hydrogen-bond donors (Lipinski definition) is 1. The lowest BCUT2D eigenvalue weighted by atomic mass is 10.2. The van der Waals surface area contributed by atoms with Gasteiger partial charge in [-0.1, -0.05) is 12.1 Å². The lowest BCUT2D eigenvalue weighted by molar-refractivity contribution is -0.0498. The number of carbonyl (C=O) groups is 1. The number of alkyl halides is 2. The monoisotopic (exact) mass is 312 g/mol. The second-order valence-electron chi connectivity index (χ2n) is 4.39. The molecule has 0 fully saturated rings. The van der Waals surface area contributed by atoms with Gasteiger partial charge in [-0.15, -0.1) is 11.3 Å². The van der Waals surface area contributed by atoms with Gasteiger partial charge >= 0.3 is 6.61 Å². The van der Waals surface area contributed by atoms with E-state index < -0.39 is 6.61 Å². The molecule has 2 N–H and O–H groups in total. The Hall–Kier alpha value is -2.15. The highest BCUT2D eigenvalue weighted by atomic mass is 32.1. The maximum Gasteiger partial charge on any atom is 0.387 e. The number of ether oxygens (including phenoxy) is 1. The second-order valence-corrected chi connectivity index (χ2v) is 5.30. The number of hydrogen-bond acceptors (Lipinski definition) is 4. The summed E-state index contributed by atoms with van der Waals surface area (Å²) < 4.78 is 28.4. The molecular weight excluding hydrogens is 298 g/mol. The van der Waals surface area contributed by atoms with Crippen LogP contribution in [0.1, 0.15) is 15.2 Å². The van der Waals surface area contributed by atoms with Gasteiger partial charge in [0.2, 0.25) is 0 Å². The zero-order valence-corrected chi connectivity index (χ0v) is 12.1. The molecule has 21 heavy (non-hydrogen) atoms. The van der Waals surface area contributed by atoms with Crippen molar-refractivity contribution in [1.82, 2.24) is 4.90 Å². The van der Waals surface area contributed by atoms with Crippen LogP contribution in [-0.2, 0) is 6.54 Å². The van der Waals surface area contributed by atoms with Crippen molar-refractivity contribution in [1.29, 1.82) is 0 Å². The molecule has 2 aromatic rings. The molecular formula is C14H14F2N2O2S. The van der Waals surface area contributed by atoms with Gasteiger partial charge in [0, 0.05) is 13.6 Å². The fourth-order valence-corrected chi connectivity index (χ4v) is 2.60. The van der Waals surface area contributed by atoms with Crippen molar-refractivity contribution in [3.05, 3.63) is 46.2 Å². The van der Waals surface area contributed by atoms with Crippen molar-refractivity contribution in [3.63, 3.8) is 0 Å². The smallest absolute Gasteiger partial charge is 0.387 e. The van der Waals surface area contributed by atoms with Crippen LogP contribution in [0.5, 0.6) is 5.75 Å². The quantitative estimate of drug-likeness (QED) is 0.922. The minimum atomic E-state index is -2.85. The van der Waals surface area contributed by atoms with Crippen LogP contribution in [0.3, 0.4) is 0 Å². The number of nitrogens with zero attached hydrogens (tertiary/aromatic N) is 1. The maximum absolute atomic E-state index is 12.2. The Bertz CT molecular complexity index is 614. The molecule has 0 spiro atoms. The molecule has 0 unspecified atom stereocenters. The van der Waals surface area contributed by atoms with E-state index >= 15 is 0 Å². The molecule has 1 heterocycles. The first-order valence-electron chi connectivity index (χ1n) is 6.09. The van der Waals surface area contributed by atoms with E-state index in [1.165, 1.54) is 28.4 Å². The summed E-state index contributed by atoms with van der Waals surface area (Å²) in [6, 6.07) is 7.85. The lowest BCUT2D eigenvalue weighted by Crippen LogP contribution is -2.26. The molecule has 2 rings (SSSR count). The van der Waals surface area contributed by atoms with Crippen molar-refractivity contribution < 1.29 is 18.3 Å². The molecule has 0 saturated heterocycles. The van der Waals surface area contributed by atoms with Gasteiger partial charge in [0.05, 0.1) is 5.69 Å². The highest BCUT2D eigenvalue weighted by Gasteiger charge is 2.16. The topological polar surface area (TPSA) is 55.6 Å². The molecule has 0 bridgehead atoms. The van der Waals surface area contributed by atoms with E-state index in [0.717, 1.165) is 5.56 Å². The Morgan fingerprint density at radius 3 is 2.52 bits per heavy atom. The van der Waals surface area contributed by atoms with E-state index in [0.29, 0.717) is 17.1 Å². The van der Waals surface area contributed by atoms with Crippen molar-refractivity contribution in [2.45, 2.75) is 13.2 Å². The summed E-state index contributed by atoms with van der Waals surface area (Å²) in [5.41, 5.74) is 6.98. The average Bonchev–Trinajstić information content (AvgIpc) is 2.85. The number of thiophene rings is 1. The van der Waals surface area contributed by atoms with Gasteiger partial charge < -0.3 is 15.4 Å². The maximum atomic E-state index is 12.2. The van der Waals surface area contributed by atoms with Crippen molar-refractivity contribution in [2.24, 2.45) is 0 Å². The fourth-order valence-electron chi connectivity index (χ4n) is 1.79. The minimum absolute atomic E-state index is 0.0882. The summed E-state index contributed by atoms with van der Waals surface area (Å²) in [6.07, 6.45) is 0. The molecule has 0 aliphatic carbocycles. The Kier molecular flexibility index (Phi) is 4.74. The lowest BCUT2D eigenvalue weighted by Gasteiger charge is -2.17. The van der Waals surface area contributed by atoms with Gasteiger partial charge in [0.25, 0.3) is 5.91 Å². The van der Waals surface area contributed by atoms with E-state index in [9.17, 15) is 13.6 Å². The van der Waals surface area contributed by atoms with E-state index in [1.807, 2.05) is 0 Å². The normalized spacial score (nSPS) is 10.7. The number of rotatable bonds is 5. The molecule has 1 aromatic carbocycles. The van der Waals surface area contributed by atoms with Gasteiger partial charge in [-0.3, -0.25) is 4.79 Å². The highest BCUT2D eigenvalue weighted by Crippen LogP contribution is 2.22. The largest absolute Gasteiger partial charge is 0.435 e. The number of anilines is 1. The summed E-state index contributed by atoms with van der Waals surface area (Å²) in [6.45, 7) is -2.49. The Balaban J connectivity index is 2.01. The van der Waals surface area contributed by atoms with Gasteiger partial charge in [0.1, 0.15) is 10.6 Å². The molecule has 112 valence electrons. The number of benzene rings is 1. The van der Waals surface area contributed by atoms with Crippen molar-refractivity contribution >= 4 is 22.9 Å². The predicted octanol–water partition coefficient (Wildman–Crippen LogP) is 3.20. The first-order valence-corrected chi connectivity index (χ1v) is 6.97. The number of halogens is 2. The second kappa shape index (κ2) is 6.53. The van der Waals surface area contributed by atoms with Crippen LogP contribution in [0, 0.1) is 0 Å². The Morgan fingerprint density at radius 1 is 1.33 bits per heavy atom.